The van der Waals surface area contributed by atoms with Crippen LogP contribution in [-0.2, 0) is 6.42 Å². The number of fused-ring (bicyclic) bond motifs is 1. The van der Waals surface area contributed by atoms with Crippen molar-refractivity contribution >= 4 is 5.91 Å². The highest BCUT2D eigenvalue weighted by atomic mass is 16.3. The largest absolute Gasteiger partial charge is 0.394 e. The molecule has 1 amide bonds. The van der Waals surface area contributed by atoms with Crippen LogP contribution in [0.4, 0.5) is 0 Å². The third-order valence-electron chi connectivity index (χ3n) is 5.05. The first-order chi connectivity index (χ1) is 11.7. The summed E-state index contributed by atoms with van der Waals surface area (Å²) in [4.78, 5) is 17.2. The maximum Gasteiger partial charge on any atom is 0.252 e. The number of carbonyl (C=O) groups excluding carboxylic acids is 1. The summed E-state index contributed by atoms with van der Waals surface area (Å²) in [5, 5.41) is 12.4. The number of rotatable bonds is 4. The predicted molar refractivity (Wildman–Crippen MR) is 98.6 cm³/mol. The summed E-state index contributed by atoms with van der Waals surface area (Å²) in [6.45, 7) is 7.98. The summed E-state index contributed by atoms with van der Waals surface area (Å²) in [5.74, 6) is -0.0491. The van der Waals surface area contributed by atoms with Gasteiger partial charge in [-0.05, 0) is 48.4 Å². The van der Waals surface area contributed by atoms with Gasteiger partial charge in [0.2, 0.25) is 0 Å². The molecule has 0 aliphatic heterocycles. The molecule has 1 unspecified atom stereocenters. The van der Waals surface area contributed by atoms with Crippen molar-refractivity contribution in [1.82, 2.24) is 10.3 Å². The van der Waals surface area contributed by atoms with Crippen LogP contribution in [0.2, 0.25) is 0 Å². The summed E-state index contributed by atoms with van der Waals surface area (Å²) < 4.78 is 0. The minimum Gasteiger partial charge on any atom is -0.394 e. The number of nitrogens with zero attached hydrogens (tertiary/aromatic N) is 1. The van der Waals surface area contributed by atoms with Crippen LogP contribution in [0, 0.1) is 5.41 Å². The lowest BCUT2D eigenvalue weighted by molar-refractivity contribution is 0.0867. The molecular weight excluding hydrogens is 312 g/mol. The number of benzene rings is 1. The summed E-state index contributed by atoms with van der Waals surface area (Å²) >= 11 is 0. The third-order valence-corrected chi connectivity index (χ3v) is 5.05. The van der Waals surface area contributed by atoms with Crippen LogP contribution < -0.4 is 5.32 Å². The molecule has 0 bridgehead atoms. The quantitative estimate of drug-likeness (QED) is 0.899. The van der Waals surface area contributed by atoms with Gasteiger partial charge in [0.1, 0.15) is 0 Å². The number of amides is 1. The van der Waals surface area contributed by atoms with E-state index in [-0.39, 0.29) is 23.8 Å². The molecule has 4 heteroatoms. The number of hydrogen-bond acceptors (Lipinski definition) is 3. The maximum absolute atomic E-state index is 12.9. The van der Waals surface area contributed by atoms with Crippen molar-refractivity contribution in [3.05, 3.63) is 65.0 Å². The van der Waals surface area contributed by atoms with E-state index in [2.05, 4.69) is 48.4 Å². The number of aliphatic hydroxyl groups is 1. The molecule has 4 nitrogen and oxygen atoms in total. The summed E-state index contributed by atoms with van der Waals surface area (Å²) in [7, 11) is 0. The van der Waals surface area contributed by atoms with Crippen LogP contribution in [0.25, 0.3) is 0 Å². The predicted octanol–water partition coefficient (Wildman–Crippen LogP) is 3.30. The van der Waals surface area contributed by atoms with E-state index in [1.807, 2.05) is 6.20 Å². The van der Waals surface area contributed by atoms with Crippen molar-refractivity contribution in [2.24, 2.45) is 5.41 Å². The van der Waals surface area contributed by atoms with E-state index < -0.39 is 5.54 Å². The lowest BCUT2D eigenvalue weighted by Gasteiger charge is -2.30. The Morgan fingerprint density at radius 1 is 1.28 bits per heavy atom. The van der Waals surface area contributed by atoms with Gasteiger partial charge in [0.25, 0.3) is 5.91 Å². The Hall–Kier alpha value is -2.20. The second-order valence-electron chi connectivity index (χ2n) is 8.26. The molecule has 132 valence electrons. The molecule has 2 N–H and O–H groups in total. The Kier molecular flexibility index (Phi) is 4.41. The molecule has 1 aromatic heterocycles. The summed E-state index contributed by atoms with van der Waals surface area (Å²) in [5.41, 5.74) is 3.53. The molecule has 1 heterocycles. The van der Waals surface area contributed by atoms with Crippen LogP contribution in [0.3, 0.4) is 0 Å². The fraction of sp³-hybridized carbons (Fsp3) is 0.429. The van der Waals surface area contributed by atoms with Crippen molar-refractivity contribution in [2.75, 3.05) is 6.61 Å². The van der Waals surface area contributed by atoms with Gasteiger partial charge < -0.3 is 10.4 Å². The summed E-state index contributed by atoms with van der Waals surface area (Å²) in [6, 6.07) is 10.2. The standard InChI is InChI=1S/C21H26N2O2/c1-20(2)11-14-7-5-6-8-15(14)18(20)17-12-22-10-9-16(17)19(25)23-21(3,4)13-24/h5-10,12,18,24H,11,13H2,1-4H3,(H,23,25). The first-order valence-electron chi connectivity index (χ1n) is 8.70. The van der Waals surface area contributed by atoms with Gasteiger partial charge in [-0.3, -0.25) is 9.78 Å². The Morgan fingerprint density at radius 3 is 2.72 bits per heavy atom. The van der Waals surface area contributed by atoms with Gasteiger partial charge >= 0.3 is 0 Å². The number of nitrogens with one attached hydrogen (secondary N) is 1. The SMILES string of the molecule is CC(C)(CO)NC(=O)c1ccncc1C1c2ccccc2CC1(C)C. The molecule has 25 heavy (non-hydrogen) atoms. The van der Waals surface area contributed by atoms with Gasteiger partial charge in [-0.25, -0.2) is 0 Å². The van der Waals surface area contributed by atoms with Gasteiger partial charge in [-0.2, -0.15) is 0 Å². The molecule has 3 rings (SSSR count). The van der Waals surface area contributed by atoms with Crippen molar-refractivity contribution in [3.8, 4) is 0 Å². The maximum atomic E-state index is 12.9. The highest BCUT2D eigenvalue weighted by Gasteiger charge is 2.41. The molecule has 1 aromatic carbocycles. The Morgan fingerprint density at radius 2 is 2.00 bits per heavy atom. The van der Waals surface area contributed by atoms with Gasteiger partial charge in [-0.1, -0.05) is 38.1 Å². The molecule has 0 fully saturated rings. The van der Waals surface area contributed by atoms with E-state index in [9.17, 15) is 9.90 Å². The van der Waals surface area contributed by atoms with E-state index in [4.69, 9.17) is 0 Å². The second kappa shape index (κ2) is 6.26. The number of hydrogen-bond donors (Lipinski definition) is 2. The zero-order valence-corrected chi connectivity index (χ0v) is 15.3. The molecule has 0 saturated heterocycles. The van der Waals surface area contributed by atoms with Gasteiger partial charge in [0.15, 0.2) is 0 Å². The molecular formula is C21H26N2O2. The smallest absolute Gasteiger partial charge is 0.252 e. The van der Waals surface area contributed by atoms with Crippen molar-refractivity contribution < 1.29 is 9.90 Å². The van der Waals surface area contributed by atoms with Crippen molar-refractivity contribution in [3.63, 3.8) is 0 Å². The first-order valence-corrected chi connectivity index (χ1v) is 8.70. The number of aromatic nitrogens is 1. The molecule has 0 radical (unpaired) electrons. The minimum atomic E-state index is -0.666. The average Bonchev–Trinajstić information content (AvgIpc) is 2.84. The first kappa shape index (κ1) is 17.6. The molecule has 1 aliphatic carbocycles. The van der Waals surface area contributed by atoms with Crippen LogP contribution in [0.15, 0.2) is 42.7 Å². The van der Waals surface area contributed by atoms with Gasteiger partial charge in [0.05, 0.1) is 12.1 Å². The molecule has 1 atom stereocenters. The zero-order chi connectivity index (χ0) is 18.2. The Balaban J connectivity index is 2.06. The Labute approximate surface area is 149 Å². The number of pyridine rings is 1. The topological polar surface area (TPSA) is 62.2 Å². The van der Waals surface area contributed by atoms with Crippen LogP contribution in [0.1, 0.15) is 60.7 Å². The fourth-order valence-electron chi connectivity index (χ4n) is 3.84. The molecule has 0 saturated carbocycles. The summed E-state index contributed by atoms with van der Waals surface area (Å²) in [6.07, 6.45) is 4.44. The second-order valence-corrected chi connectivity index (χ2v) is 8.26. The van der Waals surface area contributed by atoms with Gasteiger partial charge in [-0.15, -0.1) is 0 Å². The number of aliphatic hydroxyl groups excluding tert-OH is 1. The van der Waals surface area contributed by atoms with E-state index in [1.54, 1.807) is 26.1 Å². The van der Waals surface area contributed by atoms with Gasteiger partial charge in [0, 0.05) is 23.9 Å². The van der Waals surface area contributed by atoms with Crippen LogP contribution in [0.5, 0.6) is 0 Å². The highest BCUT2D eigenvalue weighted by molar-refractivity contribution is 5.96. The highest BCUT2D eigenvalue weighted by Crippen LogP contribution is 2.50. The van der Waals surface area contributed by atoms with E-state index in [0.717, 1.165) is 12.0 Å². The van der Waals surface area contributed by atoms with Crippen molar-refractivity contribution in [1.29, 1.82) is 0 Å². The van der Waals surface area contributed by atoms with E-state index >= 15 is 0 Å². The molecule has 1 aliphatic rings. The monoisotopic (exact) mass is 338 g/mol. The van der Waals surface area contributed by atoms with Crippen LogP contribution in [-0.4, -0.2) is 28.1 Å². The minimum absolute atomic E-state index is 0.00818. The van der Waals surface area contributed by atoms with E-state index in [0.29, 0.717) is 5.56 Å². The zero-order valence-electron chi connectivity index (χ0n) is 15.3. The average molecular weight is 338 g/mol. The van der Waals surface area contributed by atoms with E-state index in [1.165, 1.54) is 11.1 Å². The van der Waals surface area contributed by atoms with Crippen molar-refractivity contribution in [2.45, 2.75) is 45.6 Å². The lowest BCUT2D eigenvalue weighted by atomic mass is 9.75. The molecule has 2 aromatic rings. The molecule has 0 spiro atoms. The number of carbonyl (C=O) groups is 1. The lowest BCUT2D eigenvalue weighted by Crippen LogP contribution is -2.46. The normalized spacial score (nSPS) is 18.7. The Bertz CT molecular complexity index is 796. The fourth-order valence-corrected chi connectivity index (χ4v) is 3.84. The third kappa shape index (κ3) is 3.31. The van der Waals surface area contributed by atoms with Crippen LogP contribution >= 0.6 is 0 Å².